The maximum atomic E-state index is 5.88. The Labute approximate surface area is 136 Å². The Kier molecular flexibility index (Phi) is 4.30. The van der Waals surface area contributed by atoms with Crippen LogP contribution in [0.3, 0.4) is 0 Å². The van der Waals surface area contributed by atoms with Crippen LogP contribution in [0.15, 0.2) is 16.6 Å². The Balaban J connectivity index is 1.83. The molecule has 1 N–H and O–H groups in total. The Morgan fingerprint density at radius 2 is 2.29 bits per heavy atom. The minimum atomic E-state index is 0.225. The highest BCUT2D eigenvalue weighted by Crippen LogP contribution is 2.34. The van der Waals surface area contributed by atoms with Crippen LogP contribution in [0.2, 0.25) is 0 Å². The first kappa shape index (κ1) is 15.3. The molecule has 2 atom stereocenters. The van der Waals surface area contributed by atoms with Crippen molar-refractivity contribution < 1.29 is 4.74 Å². The molecule has 0 bridgehead atoms. The minimum Gasteiger partial charge on any atom is -0.493 e. The molecule has 2 aliphatic heterocycles. The molecule has 1 saturated heterocycles. The summed E-state index contributed by atoms with van der Waals surface area (Å²) in [5, 5.41) is 3.69. The van der Waals surface area contributed by atoms with Crippen molar-refractivity contribution in [1.82, 2.24) is 10.2 Å². The van der Waals surface area contributed by atoms with Crippen LogP contribution in [0.25, 0.3) is 0 Å². The second kappa shape index (κ2) is 5.90. The zero-order valence-corrected chi connectivity index (χ0v) is 14.8. The summed E-state index contributed by atoms with van der Waals surface area (Å²) >= 11 is 3.65. The maximum Gasteiger partial charge on any atom is 0.127 e. The van der Waals surface area contributed by atoms with Crippen molar-refractivity contribution in [2.75, 3.05) is 19.7 Å². The molecule has 0 radical (unpaired) electrons. The average molecular weight is 353 g/mol. The van der Waals surface area contributed by atoms with Gasteiger partial charge in [0.15, 0.2) is 0 Å². The maximum absolute atomic E-state index is 5.88. The molecule has 0 saturated carbocycles. The number of nitrogens with zero attached hydrogens (tertiary/aromatic N) is 1. The van der Waals surface area contributed by atoms with Crippen LogP contribution in [-0.2, 0) is 13.0 Å². The third-order valence-electron chi connectivity index (χ3n) is 4.98. The van der Waals surface area contributed by atoms with Crippen molar-refractivity contribution in [3.05, 3.63) is 27.7 Å². The Morgan fingerprint density at radius 1 is 1.48 bits per heavy atom. The summed E-state index contributed by atoms with van der Waals surface area (Å²) in [6.45, 7) is 10.8. The molecular formula is C17H25BrN2O. The molecule has 116 valence electrons. The van der Waals surface area contributed by atoms with E-state index in [-0.39, 0.29) is 5.54 Å². The number of hydrogen-bond donors (Lipinski definition) is 1. The SMILES string of the molecule is CCC1(C)CN(Cc2cc(Br)cc3c2OCC3)C(C)CN1. The highest BCUT2D eigenvalue weighted by atomic mass is 79.9. The third-order valence-corrected chi connectivity index (χ3v) is 5.44. The molecule has 2 unspecified atom stereocenters. The van der Waals surface area contributed by atoms with Gasteiger partial charge in [0.1, 0.15) is 5.75 Å². The van der Waals surface area contributed by atoms with Gasteiger partial charge in [-0.25, -0.2) is 0 Å². The number of fused-ring (bicyclic) bond motifs is 1. The van der Waals surface area contributed by atoms with Gasteiger partial charge in [0.25, 0.3) is 0 Å². The summed E-state index contributed by atoms with van der Waals surface area (Å²) in [6, 6.07) is 4.98. The predicted octanol–water partition coefficient (Wildman–Crippen LogP) is 3.35. The lowest BCUT2D eigenvalue weighted by Crippen LogP contribution is -2.61. The molecule has 1 aromatic rings. The largest absolute Gasteiger partial charge is 0.493 e. The quantitative estimate of drug-likeness (QED) is 0.902. The zero-order valence-electron chi connectivity index (χ0n) is 13.2. The standard InChI is InChI=1S/C17H25BrN2O/c1-4-17(3)11-20(12(2)9-19-17)10-14-8-15(18)7-13-5-6-21-16(13)14/h7-8,12,19H,4-6,9-11H2,1-3H3. The number of hydrogen-bond acceptors (Lipinski definition) is 3. The fourth-order valence-corrected chi connectivity index (χ4v) is 3.87. The van der Waals surface area contributed by atoms with E-state index < -0.39 is 0 Å². The van der Waals surface area contributed by atoms with Gasteiger partial charge in [-0.1, -0.05) is 22.9 Å². The van der Waals surface area contributed by atoms with Gasteiger partial charge < -0.3 is 10.1 Å². The highest BCUT2D eigenvalue weighted by molar-refractivity contribution is 9.10. The van der Waals surface area contributed by atoms with Gasteiger partial charge in [-0.05, 0) is 38.0 Å². The first-order chi connectivity index (χ1) is 10.0. The van der Waals surface area contributed by atoms with Crippen LogP contribution in [0.4, 0.5) is 0 Å². The molecule has 4 heteroatoms. The second-order valence-corrected chi connectivity index (χ2v) is 7.62. The van der Waals surface area contributed by atoms with Crippen LogP contribution < -0.4 is 10.1 Å². The number of nitrogens with one attached hydrogen (secondary N) is 1. The van der Waals surface area contributed by atoms with Crippen molar-refractivity contribution in [1.29, 1.82) is 0 Å². The smallest absolute Gasteiger partial charge is 0.127 e. The number of ether oxygens (including phenoxy) is 1. The van der Waals surface area contributed by atoms with Gasteiger partial charge in [-0.15, -0.1) is 0 Å². The van der Waals surface area contributed by atoms with Crippen molar-refractivity contribution in [2.24, 2.45) is 0 Å². The molecule has 1 aromatic carbocycles. The molecule has 3 nitrogen and oxygen atoms in total. The molecule has 2 aliphatic rings. The molecule has 0 spiro atoms. The summed E-state index contributed by atoms with van der Waals surface area (Å²) in [4.78, 5) is 2.59. The van der Waals surface area contributed by atoms with Crippen LogP contribution in [0, 0.1) is 0 Å². The van der Waals surface area contributed by atoms with E-state index in [0.29, 0.717) is 6.04 Å². The van der Waals surface area contributed by atoms with Gasteiger partial charge >= 0.3 is 0 Å². The van der Waals surface area contributed by atoms with E-state index in [4.69, 9.17) is 4.74 Å². The number of piperazine rings is 1. The molecule has 3 rings (SSSR count). The molecule has 1 fully saturated rings. The monoisotopic (exact) mass is 352 g/mol. The Hall–Kier alpha value is -0.580. The Bertz CT molecular complexity index is 534. The van der Waals surface area contributed by atoms with E-state index in [2.05, 4.69) is 59.1 Å². The lowest BCUT2D eigenvalue weighted by molar-refractivity contribution is 0.0858. The molecule has 2 heterocycles. The molecule has 21 heavy (non-hydrogen) atoms. The van der Waals surface area contributed by atoms with E-state index in [0.717, 1.165) is 44.8 Å². The van der Waals surface area contributed by atoms with Crippen LogP contribution in [-0.4, -0.2) is 36.2 Å². The molecule has 0 aliphatic carbocycles. The normalized spacial score (nSPS) is 29.2. The molecular weight excluding hydrogens is 328 g/mol. The lowest BCUT2D eigenvalue weighted by atomic mass is 9.93. The Morgan fingerprint density at radius 3 is 3.05 bits per heavy atom. The first-order valence-corrected chi connectivity index (χ1v) is 8.73. The summed E-state index contributed by atoms with van der Waals surface area (Å²) in [6.07, 6.45) is 2.19. The van der Waals surface area contributed by atoms with E-state index >= 15 is 0 Å². The van der Waals surface area contributed by atoms with E-state index in [1.165, 1.54) is 15.6 Å². The first-order valence-electron chi connectivity index (χ1n) is 7.94. The van der Waals surface area contributed by atoms with Gasteiger partial charge in [0.2, 0.25) is 0 Å². The van der Waals surface area contributed by atoms with Crippen molar-refractivity contribution in [3.8, 4) is 5.75 Å². The van der Waals surface area contributed by atoms with Crippen molar-refractivity contribution in [3.63, 3.8) is 0 Å². The highest BCUT2D eigenvalue weighted by Gasteiger charge is 2.33. The van der Waals surface area contributed by atoms with Crippen LogP contribution in [0.5, 0.6) is 5.75 Å². The van der Waals surface area contributed by atoms with Crippen molar-refractivity contribution >= 4 is 15.9 Å². The van der Waals surface area contributed by atoms with Crippen LogP contribution in [0.1, 0.15) is 38.3 Å². The van der Waals surface area contributed by atoms with Crippen LogP contribution >= 0.6 is 15.9 Å². The van der Waals surface area contributed by atoms with E-state index in [1.807, 2.05) is 0 Å². The minimum absolute atomic E-state index is 0.225. The zero-order chi connectivity index (χ0) is 15.0. The number of halogens is 1. The van der Waals surface area contributed by atoms with Gasteiger partial charge in [0, 0.05) is 47.7 Å². The number of rotatable bonds is 3. The summed E-state index contributed by atoms with van der Waals surface area (Å²) < 4.78 is 7.05. The average Bonchev–Trinajstić information content (AvgIpc) is 2.91. The molecule has 0 aromatic heterocycles. The topological polar surface area (TPSA) is 24.5 Å². The predicted molar refractivity (Wildman–Crippen MR) is 89.9 cm³/mol. The van der Waals surface area contributed by atoms with Gasteiger partial charge in [-0.2, -0.15) is 0 Å². The fourth-order valence-electron chi connectivity index (χ4n) is 3.31. The van der Waals surface area contributed by atoms with Gasteiger partial charge in [-0.3, -0.25) is 4.90 Å². The lowest BCUT2D eigenvalue weighted by Gasteiger charge is -2.45. The number of benzene rings is 1. The second-order valence-electron chi connectivity index (χ2n) is 6.70. The summed E-state index contributed by atoms with van der Waals surface area (Å²) in [7, 11) is 0. The molecule has 0 amide bonds. The van der Waals surface area contributed by atoms with E-state index in [1.54, 1.807) is 0 Å². The van der Waals surface area contributed by atoms with E-state index in [9.17, 15) is 0 Å². The van der Waals surface area contributed by atoms with Crippen molar-refractivity contribution in [2.45, 2.75) is 51.7 Å². The summed E-state index contributed by atoms with van der Waals surface area (Å²) in [5.74, 6) is 1.13. The fraction of sp³-hybridized carbons (Fsp3) is 0.647. The van der Waals surface area contributed by atoms with Gasteiger partial charge in [0.05, 0.1) is 6.61 Å². The summed E-state index contributed by atoms with van der Waals surface area (Å²) in [5.41, 5.74) is 2.90. The third kappa shape index (κ3) is 3.13.